The van der Waals surface area contributed by atoms with Crippen LogP contribution in [0.5, 0.6) is 0 Å². The van der Waals surface area contributed by atoms with Crippen molar-refractivity contribution in [2.45, 2.75) is 0 Å². The molecule has 0 saturated carbocycles. The number of nitrogens with two attached hydrogens (primary N) is 2. The zero-order valence-corrected chi connectivity index (χ0v) is 10.1. The minimum Gasteiger partial charge on any atom is -0.458 e. The number of hydrogen-bond donors (Lipinski definition) is 2. The first-order chi connectivity index (χ1) is 7.58. The number of furan rings is 1. The number of hydrogen-bond acceptors (Lipinski definition) is 2. The fourth-order valence-electron chi connectivity index (χ4n) is 1.35. The Bertz CT molecular complexity index is 588. The molecule has 1 aromatic heterocycles. The zero-order chi connectivity index (χ0) is 11.7. The summed E-state index contributed by atoms with van der Waals surface area (Å²) in [5.74, 6) is -0.861. The Labute approximate surface area is 108 Å². The minimum atomic E-state index is -0.628. The summed E-state index contributed by atoms with van der Waals surface area (Å²) in [6.45, 7) is 0. The summed E-state index contributed by atoms with van der Waals surface area (Å²) in [6, 6.07) is 5.07. The van der Waals surface area contributed by atoms with Crippen molar-refractivity contribution in [2.75, 3.05) is 0 Å². The number of halogens is 2. The number of rotatable bonds is 1. The van der Waals surface area contributed by atoms with Crippen molar-refractivity contribution < 1.29 is 9.21 Å². The molecule has 2 rings (SSSR count). The molecule has 5 nitrogen and oxygen atoms in total. The maximum absolute atomic E-state index is 11.6. The maximum Gasteiger partial charge on any atom is 0.316 e. The van der Waals surface area contributed by atoms with Gasteiger partial charge in [-0.1, -0.05) is 11.6 Å². The van der Waals surface area contributed by atoms with Crippen molar-refractivity contribution in [3.63, 3.8) is 0 Å². The highest BCUT2D eigenvalue weighted by atomic mass is 35.5. The number of carbonyl (C=O) groups is 1. The number of nitrogens with zero attached hydrogens (tertiary/aromatic N) is 1. The van der Waals surface area contributed by atoms with E-state index in [9.17, 15) is 4.79 Å². The summed E-state index contributed by atoms with van der Waals surface area (Å²) in [5, 5.41) is 1.86. The van der Waals surface area contributed by atoms with Gasteiger partial charge in [0.2, 0.25) is 5.76 Å². The molecule has 0 aliphatic carbocycles. The molecule has 7 heteroatoms. The summed E-state index contributed by atoms with van der Waals surface area (Å²) >= 11 is 5.82. The molecule has 0 saturated heterocycles. The van der Waals surface area contributed by atoms with E-state index in [-0.39, 0.29) is 24.1 Å². The largest absolute Gasteiger partial charge is 0.458 e. The van der Waals surface area contributed by atoms with Crippen LogP contribution in [0.15, 0.2) is 33.9 Å². The normalized spacial score (nSPS) is 9.71. The van der Waals surface area contributed by atoms with E-state index in [1.807, 2.05) is 0 Å². The number of fused-ring (bicyclic) bond motifs is 1. The molecule has 0 atom stereocenters. The number of guanidine groups is 1. The van der Waals surface area contributed by atoms with Gasteiger partial charge in [0.15, 0.2) is 5.96 Å². The first kappa shape index (κ1) is 13.3. The van der Waals surface area contributed by atoms with Gasteiger partial charge < -0.3 is 15.9 Å². The summed E-state index contributed by atoms with van der Waals surface area (Å²) in [4.78, 5) is 15.0. The lowest BCUT2D eigenvalue weighted by molar-refractivity contribution is 0.0978. The number of amides is 1. The van der Waals surface area contributed by atoms with Crippen molar-refractivity contribution in [1.29, 1.82) is 0 Å². The molecule has 0 spiro atoms. The van der Waals surface area contributed by atoms with Crippen LogP contribution in [0.25, 0.3) is 10.8 Å². The second kappa shape index (κ2) is 5.07. The van der Waals surface area contributed by atoms with Gasteiger partial charge in [-0.05, 0) is 18.2 Å². The molecule has 4 N–H and O–H groups in total. The highest BCUT2D eigenvalue weighted by Gasteiger charge is 2.14. The van der Waals surface area contributed by atoms with Crippen LogP contribution in [0.2, 0.25) is 5.02 Å². The maximum atomic E-state index is 11.6. The smallest absolute Gasteiger partial charge is 0.316 e. The second-order valence-corrected chi connectivity index (χ2v) is 3.57. The van der Waals surface area contributed by atoms with Crippen LogP contribution >= 0.6 is 24.0 Å². The average molecular weight is 274 g/mol. The lowest BCUT2D eigenvalue weighted by atomic mass is 10.2. The van der Waals surface area contributed by atoms with E-state index in [0.29, 0.717) is 10.4 Å². The van der Waals surface area contributed by atoms with Crippen LogP contribution in [-0.4, -0.2) is 11.9 Å². The van der Waals surface area contributed by atoms with Crippen LogP contribution in [0.1, 0.15) is 10.6 Å². The molecule has 0 fully saturated rings. The van der Waals surface area contributed by atoms with Gasteiger partial charge in [0.1, 0.15) is 0 Å². The zero-order valence-electron chi connectivity index (χ0n) is 8.51. The van der Waals surface area contributed by atoms with Gasteiger partial charge in [-0.3, -0.25) is 4.79 Å². The lowest BCUT2D eigenvalue weighted by Gasteiger charge is -1.93. The van der Waals surface area contributed by atoms with Crippen LogP contribution < -0.4 is 11.5 Å². The molecule has 0 unspecified atom stereocenters. The van der Waals surface area contributed by atoms with Gasteiger partial charge in [0, 0.05) is 15.8 Å². The Kier molecular flexibility index (Phi) is 3.98. The van der Waals surface area contributed by atoms with E-state index < -0.39 is 5.91 Å². The molecule has 0 bridgehead atoms. The first-order valence-electron chi connectivity index (χ1n) is 4.38. The van der Waals surface area contributed by atoms with Crippen molar-refractivity contribution in [3.8, 4) is 0 Å². The molecule has 1 amide bonds. The molecule has 0 aliphatic rings. The third-order valence-electron chi connectivity index (χ3n) is 1.99. The topological polar surface area (TPSA) is 94.6 Å². The first-order valence-corrected chi connectivity index (χ1v) is 4.76. The predicted octanol–water partition coefficient (Wildman–Crippen LogP) is 1.92. The Hall–Kier alpha value is -1.72. The van der Waals surface area contributed by atoms with E-state index in [2.05, 4.69) is 4.99 Å². The Morgan fingerprint density at radius 1 is 1.35 bits per heavy atom. The molecule has 90 valence electrons. The Balaban J connectivity index is 0.00000144. The van der Waals surface area contributed by atoms with Gasteiger partial charge in [-0.15, -0.1) is 12.4 Å². The van der Waals surface area contributed by atoms with Gasteiger partial charge in [-0.2, -0.15) is 4.99 Å². The number of benzene rings is 1. The van der Waals surface area contributed by atoms with E-state index in [1.165, 1.54) is 6.26 Å². The SMILES string of the molecule is Cl.NC(N)=NC(=O)c1occ2ccc(Cl)cc12. The highest BCUT2D eigenvalue weighted by molar-refractivity contribution is 6.31. The van der Waals surface area contributed by atoms with E-state index >= 15 is 0 Å². The molecule has 1 aromatic carbocycles. The van der Waals surface area contributed by atoms with Crippen LogP contribution in [-0.2, 0) is 0 Å². The fourth-order valence-corrected chi connectivity index (χ4v) is 1.52. The standard InChI is InChI=1S/C10H8ClN3O2.ClH/c11-6-2-1-5-4-16-8(7(5)3-6)9(15)14-10(12)13;/h1-4H,(H4,12,13,14,15);1H. The summed E-state index contributed by atoms with van der Waals surface area (Å²) < 4.78 is 5.11. The van der Waals surface area contributed by atoms with Gasteiger partial charge in [0.25, 0.3) is 0 Å². The van der Waals surface area contributed by atoms with Crippen LogP contribution in [0.3, 0.4) is 0 Å². The van der Waals surface area contributed by atoms with Crippen molar-refractivity contribution in [3.05, 3.63) is 35.2 Å². The van der Waals surface area contributed by atoms with E-state index in [1.54, 1.807) is 18.2 Å². The highest BCUT2D eigenvalue weighted by Crippen LogP contribution is 2.25. The summed E-state index contributed by atoms with van der Waals surface area (Å²) in [5.41, 5.74) is 10.2. The molecule has 1 heterocycles. The van der Waals surface area contributed by atoms with E-state index in [0.717, 1.165) is 5.39 Å². The molecular formula is C10H9Cl2N3O2. The third kappa shape index (κ3) is 2.69. The van der Waals surface area contributed by atoms with Crippen molar-refractivity contribution in [2.24, 2.45) is 16.5 Å². The quantitative estimate of drug-likeness (QED) is 0.613. The average Bonchev–Trinajstić information content (AvgIpc) is 2.59. The van der Waals surface area contributed by atoms with Crippen molar-refractivity contribution in [1.82, 2.24) is 0 Å². The Morgan fingerprint density at radius 3 is 2.71 bits per heavy atom. The predicted molar refractivity (Wildman–Crippen MR) is 68.6 cm³/mol. The Morgan fingerprint density at radius 2 is 2.06 bits per heavy atom. The van der Waals surface area contributed by atoms with Gasteiger partial charge in [0.05, 0.1) is 6.26 Å². The second-order valence-electron chi connectivity index (χ2n) is 3.14. The molecule has 17 heavy (non-hydrogen) atoms. The van der Waals surface area contributed by atoms with E-state index in [4.69, 9.17) is 27.5 Å². The van der Waals surface area contributed by atoms with Gasteiger partial charge >= 0.3 is 5.91 Å². The van der Waals surface area contributed by atoms with Crippen LogP contribution in [0.4, 0.5) is 0 Å². The summed E-state index contributed by atoms with van der Waals surface area (Å²) in [6.07, 6.45) is 1.45. The third-order valence-corrected chi connectivity index (χ3v) is 2.22. The lowest BCUT2D eigenvalue weighted by Crippen LogP contribution is -2.24. The monoisotopic (exact) mass is 273 g/mol. The summed E-state index contributed by atoms with van der Waals surface area (Å²) in [7, 11) is 0. The van der Waals surface area contributed by atoms with Gasteiger partial charge in [-0.25, -0.2) is 0 Å². The number of aliphatic imine (C=N–C) groups is 1. The fraction of sp³-hybridized carbons (Fsp3) is 0. The number of carbonyl (C=O) groups excluding carboxylic acids is 1. The molecule has 0 aliphatic heterocycles. The minimum absolute atomic E-state index is 0. The molecule has 0 radical (unpaired) electrons. The molecule has 2 aromatic rings. The van der Waals surface area contributed by atoms with Crippen molar-refractivity contribution >= 4 is 46.6 Å². The van der Waals surface area contributed by atoms with Crippen LogP contribution in [0, 0.1) is 0 Å². The molecular weight excluding hydrogens is 265 g/mol.